The zero-order valence-corrected chi connectivity index (χ0v) is 11.8. The van der Waals surface area contributed by atoms with E-state index in [1.54, 1.807) is 0 Å². The van der Waals surface area contributed by atoms with E-state index in [0.717, 1.165) is 19.0 Å². The Bertz CT molecular complexity index is 382. The van der Waals surface area contributed by atoms with Crippen LogP contribution in [0.2, 0.25) is 0 Å². The second kappa shape index (κ2) is 5.85. The lowest BCUT2D eigenvalue weighted by Crippen LogP contribution is -2.23. The van der Waals surface area contributed by atoms with Gasteiger partial charge in [0.15, 0.2) is 0 Å². The van der Waals surface area contributed by atoms with E-state index in [2.05, 4.69) is 50.4 Å². The van der Waals surface area contributed by atoms with Crippen molar-refractivity contribution in [3.8, 4) is 0 Å². The summed E-state index contributed by atoms with van der Waals surface area (Å²) in [6, 6.07) is 9.34. The summed E-state index contributed by atoms with van der Waals surface area (Å²) in [5.41, 5.74) is 2.65. The summed E-state index contributed by atoms with van der Waals surface area (Å²) in [5, 5.41) is 3.57. The largest absolute Gasteiger partial charge is 0.371 e. The summed E-state index contributed by atoms with van der Waals surface area (Å²) < 4.78 is 6.00. The van der Waals surface area contributed by atoms with Crippen molar-refractivity contribution in [3.63, 3.8) is 0 Å². The topological polar surface area (TPSA) is 21.3 Å². The van der Waals surface area contributed by atoms with Crippen LogP contribution in [-0.2, 0) is 17.9 Å². The predicted molar refractivity (Wildman–Crippen MR) is 75.5 cm³/mol. The molecule has 2 rings (SSSR count). The van der Waals surface area contributed by atoms with E-state index < -0.39 is 0 Å². The Hall–Kier alpha value is -0.860. The van der Waals surface area contributed by atoms with Crippen LogP contribution in [0.15, 0.2) is 24.3 Å². The minimum atomic E-state index is -0.0307. The molecular weight excluding hydrogens is 222 g/mol. The number of hydrogen-bond acceptors (Lipinski definition) is 2. The highest BCUT2D eigenvalue weighted by molar-refractivity contribution is 5.26. The molecule has 0 heterocycles. The van der Waals surface area contributed by atoms with Crippen LogP contribution >= 0.6 is 0 Å². The van der Waals surface area contributed by atoms with Crippen LogP contribution in [-0.4, -0.2) is 11.6 Å². The van der Waals surface area contributed by atoms with Crippen LogP contribution in [0, 0.1) is 0 Å². The Morgan fingerprint density at radius 2 is 1.89 bits per heavy atom. The number of benzene rings is 1. The highest BCUT2D eigenvalue weighted by Crippen LogP contribution is 2.21. The monoisotopic (exact) mass is 247 g/mol. The fourth-order valence-electron chi connectivity index (χ4n) is 1.79. The van der Waals surface area contributed by atoms with Crippen LogP contribution in [0.4, 0.5) is 0 Å². The van der Waals surface area contributed by atoms with Crippen molar-refractivity contribution < 1.29 is 4.74 Å². The first-order chi connectivity index (χ1) is 8.61. The van der Waals surface area contributed by atoms with Gasteiger partial charge < -0.3 is 10.1 Å². The van der Waals surface area contributed by atoms with Gasteiger partial charge in [-0.05, 0) is 44.2 Å². The van der Waals surface area contributed by atoms with Gasteiger partial charge in [-0.1, -0.05) is 31.2 Å². The van der Waals surface area contributed by atoms with Gasteiger partial charge in [0, 0.05) is 12.6 Å². The Kier molecular flexibility index (Phi) is 4.41. The lowest BCUT2D eigenvalue weighted by atomic mass is 10.1. The van der Waals surface area contributed by atoms with Gasteiger partial charge in [-0.25, -0.2) is 0 Å². The number of nitrogens with one attached hydrogen (secondary N) is 1. The SMILES string of the molecule is CCC(C)(C)OCc1ccccc1CNC1CC1. The summed E-state index contributed by atoms with van der Waals surface area (Å²) in [4.78, 5) is 0. The molecule has 1 saturated carbocycles. The van der Waals surface area contributed by atoms with Gasteiger partial charge in [0.25, 0.3) is 0 Å². The summed E-state index contributed by atoms with van der Waals surface area (Å²) in [7, 11) is 0. The first-order valence-electron chi connectivity index (χ1n) is 7.05. The van der Waals surface area contributed by atoms with E-state index >= 15 is 0 Å². The quantitative estimate of drug-likeness (QED) is 0.794. The molecule has 0 amide bonds. The molecule has 100 valence electrons. The van der Waals surface area contributed by atoms with Gasteiger partial charge in [0.05, 0.1) is 12.2 Å². The molecule has 0 atom stereocenters. The van der Waals surface area contributed by atoms with Crippen molar-refractivity contribution in [3.05, 3.63) is 35.4 Å². The van der Waals surface area contributed by atoms with Gasteiger partial charge in [-0.15, -0.1) is 0 Å². The Labute approximate surface area is 111 Å². The van der Waals surface area contributed by atoms with Crippen LogP contribution < -0.4 is 5.32 Å². The third-order valence-electron chi connectivity index (χ3n) is 3.75. The minimum Gasteiger partial charge on any atom is -0.371 e. The molecule has 1 aliphatic carbocycles. The summed E-state index contributed by atoms with van der Waals surface area (Å²) in [5.74, 6) is 0. The maximum atomic E-state index is 6.00. The van der Waals surface area contributed by atoms with Gasteiger partial charge in [-0.3, -0.25) is 0 Å². The molecule has 1 N–H and O–H groups in total. The molecule has 0 aliphatic heterocycles. The standard InChI is InChI=1S/C16H25NO/c1-4-16(2,3)18-12-14-8-6-5-7-13(14)11-17-15-9-10-15/h5-8,15,17H,4,9-12H2,1-3H3. The average molecular weight is 247 g/mol. The number of rotatable bonds is 7. The van der Waals surface area contributed by atoms with Crippen LogP contribution in [0.25, 0.3) is 0 Å². The maximum absolute atomic E-state index is 6.00. The third-order valence-corrected chi connectivity index (χ3v) is 3.75. The molecule has 0 saturated heterocycles. The van der Waals surface area contributed by atoms with Gasteiger partial charge >= 0.3 is 0 Å². The second-order valence-electron chi connectivity index (χ2n) is 5.83. The van der Waals surface area contributed by atoms with E-state index in [1.165, 1.54) is 24.0 Å². The normalized spacial score (nSPS) is 15.9. The van der Waals surface area contributed by atoms with Crippen molar-refractivity contribution in [1.29, 1.82) is 0 Å². The van der Waals surface area contributed by atoms with Crippen molar-refractivity contribution in [2.45, 2.75) is 64.8 Å². The molecule has 1 fully saturated rings. The Morgan fingerprint density at radius 3 is 2.50 bits per heavy atom. The molecule has 0 bridgehead atoms. The van der Waals surface area contributed by atoms with Crippen molar-refractivity contribution in [1.82, 2.24) is 5.32 Å². The van der Waals surface area contributed by atoms with Crippen LogP contribution in [0.5, 0.6) is 0 Å². The first-order valence-corrected chi connectivity index (χ1v) is 7.05. The minimum absolute atomic E-state index is 0.0307. The summed E-state index contributed by atoms with van der Waals surface area (Å²) >= 11 is 0. The molecule has 1 aliphatic rings. The van der Waals surface area contributed by atoms with Gasteiger partial charge in [-0.2, -0.15) is 0 Å². The van der Waals surface area contributed by atoms with Crippen molar-refractivity contribution in [2.24, 2.45) is 0 Å². The lowest BCUT2D eigenvalue weighted by Gasteiger charge is -2.24. The third kappa shape index (κ3) is 4.11. The second-order valence-corrected chi connectivity index (χ2v) is 5.83. The highest BCUT2D eigenvalue weighted by Gasteiger charge is 2.21. The number of ether oxygens (including phenoxy) is 1. The van der Waals surface area contributed by atoms with E-state index in [-0.39, 0.29) is 5.60 Å². The predicted octanol–water partition coefficient (Wildman–Crippen LogP) is 3.64. The Balaban J connectivity index is 1.93. The molecule has 2 heteroatoms. The first kappa shape index (κ1) is 13.6. The zero-order valence-electron chi connectivity index (χ0n) is 11.8. The molecule has 0 unspecified atom stereocenters. The van der Waals surface area contributed by atoms with Gasteiger partial charge in [0.1, 0.15) is 0 Å². The zero-order chi connectivity index (χ0) is 13.0. The molecule has 0 aromatic heterocycles. The molecule has 0 radical (unpaired) electrons. The smallest absolute Gasteiger partial charge is 0.0727 e. The fourth-order valence-corrected chi connectivity index (χ4v) is 1.79. The molecule has 1 aromatic rings. The van der Waals surface area contributed by atoms with Crippen molar-refractivity contribution >= 4 is 0 Å². The van der Waals surface area contributed by atoms with E-state index in [1.807, 2.05) is 0 Å². The molecular formula is C16H25NO. The van der Waals surface area contributed by atoms with E-state index in [9.17, 15) is 0 Å². The fraction of sp³-hybridized carbons (Fsp3) is 0.625. The molecule has 2 nitrogen and oxygen atoms in total. The summed E-state index contributed by atoms with van der Waals surface area (Å²) in [6.07, 6.45) is 3.71. The van der Waals surface area contributed by atoms with Crippen molar-refractivity contribution in [2.75, 3.05) is 0 Å². The highest BCUT2D eigenvalue weighted by atomic mass is 16.5. The molecule has 0 spiro atoms. The Morgan fingerprint density at radius 1 is 1.22 bits per heavy atom. The van der Waals surface area contributed by atoms with Gasteiger partial charge in [0.2, 0.25) is 0 Å². The van der Waals surface area contributed by atoms with E-state index in [0.29, 0.717) is 6.61 Å². The average Bonchev–Trinajstić information content (AvgIpc) is 3.19. The number of hydrogen-bond donors (Lipinski definition) is 1. The van der Waals surface area contributed by atoms with E-state index in [4.69, 9.17) is 4.74 Å². The van der Waals surface area contributed by atoms with Crippen LogP contribution in [0.1, 0.15) is 51.2 Å². The summed E-state index contributed by atoms with van der Waals surface area (Å²) in [6.45, 7) is 8.15. The molecule has 18 heavy (non-hydrogen) atoms. The molecule has 1 aromatic carbocycles. The maximum Gasteiger partial charge on any atom is 0.0727 e. The van der Waals surface area contributed by atoms with Crippen LogP contribution in [0.3, 0.4) is 0 Å². The lowest BCUT2D eigenvalue weighted by molar-refractivity contribution is -0.0319.